The maximum absolute atomic E-state index is 10.5. The molecule has 2 rings (SSSR count). The van der Waals surface area contributed by atoms with E-state index in [-0.39, 0.29) is 13.2 Å². The van der Waals surface area contributed by atoms with Gasteiger partial charge in [-0.05, 0) is 29.7 Å². The summed E-state index contributed by atoms with van der Waals surface area (Å²) in [5, 5.41) is 18.2. The van der Waals surface area contributed by atoms with Crippen molar-refractivity contribution in [3.63, 3.8) is 0 Å². The quantitative estimate of drug-likeness (QED) is 0.504. The summed E-state index contributed by atoms with van der Waals surface area (Å²) in [4.78, 5) is 12.4. The van der Waals surface area contributed by atoms with Crippen molar-refractivity contribution in [2.45, 2.75) is 13.0 Å². The minimum atomic E-state index is 0.0611. The van der Waals surface area contributed by atoms with Crippen LogP contribution in [0.1, 0.15) is 11.1 Å². The molecule has 5 nitrogen and oxygen atoms in total. The number of aromatic nitrogens is 1. The van der Waals surface area contributed by atoms with Crippen LogP contribution in [0.3, 0.4) is 0 Å². The molecule has 0 saturated carbocycles. The molecular weight excluding hydrogens is 316 g/mol. The number of pyridine rings is 1. The van der Waals surface area contributed by atoms with E-state index in [1.807, 2.05) is 58.3 Å². The highest BCUT2D eigenvalue weighted by Crippen LogP contribution is 2.16. The molecule has 0 aliphatic rings. The lowest BCUT2D eigenvalue weighted by Gasteiger charge is -2.22. The Hall–Kier alpha value is -2.50. The fraction of sp³-hybridized carbons (Fsp3) is 0.300. The Morgan fingerprint density at radius 1 is 0.960 bits per heavy atom. The molecule has 1 heterocycles. The second-order valence-electron chi connectivity index (χ2n) is 5.70. The number of carbonyl (C=O) groups is 1. The van der Waals surface area contributed by atoms with Crippen LogP contribution in [0.4, 0.5) is 5.69 Å². The third-order valence-electron chi connectivity index (χ3n) is 3.91. The maximum atomic E-state index is 10.5. The molecule has 132 valence electrons. The fourth-order valence-electron chi connectivity index (χ4n) is 2.57. The lowest BCUT2D eigenvalue weighted by atomic mass is 10.1. The summed E-state index contributed by atoms with van der Waals surface area (Å²) in [6, 6.07) is 12.1. The van der Waals surface area contributed by atoms with Gasteiger partial charge in [-0.1, -0.05) is 24.3 Å². The minimum Gasteiger partial charge on any atom is -0.395 e. The van der Waals surface area contributed by atoms with Gasteiger partial charge >= 0.3 is 0 Å². The molecule has 0 saturated heterocycles. The molecule has 2 aromatic rings. The molecule has 25 heavy (non-hydrogen) atoms. The predicted molar refractivity (Wildman–Crippen MR) is 98.3 cm³/mol. The number of aldehydes is 1. The minimum absolute atomic E-state index is 0.0611. The lowest BCUT2D eigenvalue weighted by Crippen LogP contribution is -2.33. The van der Waals surface area contributed by atoms with Crippen molar-refractivity contribution in [3.8, 4) is 0 Å². The van der Waals surface area contributed by atoms with E-state index in [0.29, 0.717) is 19.6 Å². The van der Waals surface area contributed by atoms with Crippen molar-refractivity contribution in [1.29, 1.82) is 0 Å². The molecule has 0 aliphatic carbocycles. The Bertz CT molecular complexity index is 660. The molecule has 0 unspecified atom stereocenters. The van der Waals surface area contributed by atoms with Crippen molar-refractivity contribution in [2.24, 2.45) is 0 Å². The van der Waals surface area contributed by atoms with Crippen LogP contribution in [0.2, 0.25) is 0 Å². The zero-order valence-corrected chi connectivity index (χ0v) is 14.3. The van der Waals surface area contributed by atoms with Crippen molar-refractivity contribution in [3.05, 3.63) is 66.0 Å². The molecule has 0 fully saturated rings. The first-order valence-corrected chi connectivity index (χ1v) is 8.41. The van der Waals surface area contributed by atoms with Crippen LogP contribution in [0.5, 0.6) is 0 Å². The second kappa shape index (κ2) is 10.4. The molecule has 0 bridgehead atoms. The zero-order chi connectivity index (χ0) is 17.9. The third-order valence-corrected chi connectivity index (χ3v) is 3.91. The van der Waals surface area contributed by atoms with Crippen LogP contribution in [0.25, 0.3) is 6.08 Å². The molecule has 0 amide bonds. The van der Waals surface area contributed by atoms with Gasteiger partial charge in [-0.15, -0.1) is 0 Å². The van der Waals surface area contributed by atoms with Gasteiger partial charge in [0.1, 0.15) is 0 Å². The van der Waals surface area contributed by atoms with Gasteiger partial charge in [0, 0.05) is 30.9 Å². The number of aliphatic hydroxyl groups is 2. The Labute approximate surface area is 148 Å². The summed E-state index contributed by atoms with van der Waals surface area (Å²) in [7, 11) is 0. The Morgan fingerprint density at radius 3 is 2.16 bits per heavy atom. The number of carbonyl (C=O) groups excluding carboxylic acids is 1. The standard InChI is InChI=1S/C20H25N2O3/c23-15-12-21-10-8-19(9-11-21)3-1-2-18-4-6-20(7-5-18)22(13-16-24)14-17-25/h1-2,4-11,15,24-25H,3,12-14,16-17H2/q+1. The van der Waals surface area contributed by atoms with Crippen molar-refractivity contribution < 1.29 is 19.6 Å². The SMILES string of the molecule is O=CC[n+]1ccc(CC=Cc2ccc(N(CCO)CCO)cc2)cc1. The van der Waals surface area contributed by atoms with Crippen molar-refractivity contribution >= 4 is 18.0 Å². The van der Waals surface area contributed by atoms with Crippen molar-refractivity contribution in [2.75, 3.05) is 31.2 Å². The van der Waals surface area contributed by atoms with E-state index in [1.165, 1.54) is 5.56 Å². The van der Waals surface area contributed by atoms with Gasteiger partial charge in [-0.25, -0.2) is 0 Å². The largest absolute Gasteiger partial charge is 0.395 e. The van der Waals surface area contributed by atoms with E-state index in [1.54, 1.807) is 0 Å². The molecule has 5 heteroatoms. The highest BCUT2D eigenvalue weighted by molar-refractivity contribution is 5.56. The lowest BCUT2D eigenvalue weighted by molar-refractivity contribution is -0.683. The maximum Gasteiger partial charge on any atom is 0.203 e. The molecule has 0 atom stereocenters. The Kier molecular flexibility index (Phi) is 7.82. The summed E-state index contributed by atoms with van der Waals surface area (Å²) in [5.74, 6) is 0. The fourth-order valence-corrected chi connectivity index (χ4v) is 2.57. The van der Waals surface area contributed by atoms with Gasteiger partial charge in [0.15, 0.2) is 18.7 Å². The number of aliphatic hydroxyl groups excluding tert-OH is 2. The van der Waals surface area contributed by atoms with Gasteiger partial charge in [0.25, 0.3) is 0 Å². The van der Waals surface area contributed by atoms with Crippen LogP contribution in [-0.2, 0) is 17.8 Å². The topological polar surface area (TPSA) is 64.7 Å². The highest BCUT2D eigenvalue weighted by atomic mass is 16.3. The highest BCUT2D eigenvalue weighted by Gasteiger charge is 2.04. The molecule has 0 radical (unpaired) electrons. The summed E-state index contributed by atoms with van der Waals surface area (Å²) in [5.41, 5.74) is 3.28. The van der Waals surface area contributed by atoms with E-state index in [9.17, 15) is 4.79 Å². The molecule has 2 N–H and O–H groups in total. The smallest absolute Gasteiger partial charge is 0.203 e. The van der Waals surface area contributed by atoms with Crippen LogP contribution in [0, 0.1) is 0 Å². The van der Waals surface area contributed by atoms with Gasteiger partial charge in [-0.3, -0.25) is 4.79 Å². The number of nitrogens with zero attached hydrogens (tertiary/aromatic N) is 2. The molecule has 1 aromatic carbocycles. The van der Waals surface area contributed by atoms with Crippen molar-refractivity contribution in [1.82, 2.24) is 0 Å². The average molecular weight is 341 g/mol. The van der Waals surface area contributed by atoms with Gasteiger partial charge in [0.2, 0.25) is 6.54 Å². The van der Waals surface area contributed by atoms with E-state index in [0.717, 1.165) is 24.0 Å². The number of allylic oxidation sites excluding steroid dienone is 1. The first kappa shape index (κ1) is 18.8. The normalized spacial score (nSPS) is 11.0. The number of hydrogen-bond donors (Lipinski definition) is 2. The van der Waals surface area contributed by atoms with Crippen LogP contribution in [-0.4, -0.2) is 42.8 Å². The Balaban J connectivity index is 1.93. The number of anilines is 1. The number of hydrogen-bond acceptors (Lipinski definition) is 4. The van der Waals surface area contributed by atoms with Crippen LogP contribution < -0.4 is 9.47 Å². The number of rotatable bonds is 10. The first-order chi connectivity index (χ1) is 12.3. The Morgan fingerprint density at radius 2 is 1.60 bits per heavy atom. The van der Waals surface area contributed by atoms with E-state index < -0.39 is 0 Å². The van der Waals surface area contributed by atoms with E-state index in [2.05, 4.69) is 12.2 Å². The summed E-state index contributed by atoms with van der Waals surface area (Å²) >= 11 is 0. The van der Waals surface area contributed by atoms with Gasteiger partial charge < -0.3 is 15.1 Å². The van der Waals surface area contributed by atoms with E-state index in [4.69, 9.17) is 10.2 Å². The van der Waals surface area contributed by atoms with Crippen LogP contribution in [0.15, 0.2) is 54.9 Å². The summed E-state index contributed by atoms with van der Waals surface area (Å²) in [6.45, 7) is 1.52. The van der Waals surface area contributed by atoms with Gasteiger partial charge in [-0.2, -0.15) is 4.57 Å². The molecular formula is C20H25N2O3+. The number of benzene rings is 1. The summed E-state index contributed by atoms with van der Waals surface area (Å²) < 4.78 is 1.84. The van der Waals surface area contributed by atoms with Crippen LogP contribution >= 0.6 is 0 Å². The van der Waals surface area contributed by atoms with E-state index >= 15 is 0 Å². The average Bonchev–Trinajstić information content (AvgIpc) is 2.64. The molecule has 0 aliphatic heterocycles. The monoisotopic (exact) mass is 341 g/mol. The third kappa shape index (κ3) is 6.14. The molecule has 1 aromatic heterocycles. The summed E-state index contributed by atoms with van der Waals surface area (Å²) in [6.07, 6.45) is 9.69. The second-order valence-corrected chi connectivity index (χ2v) is 5.70. The predicted octanol–water partition coefficient (Wildman–Crippen LogP) is 1.22. The van der Waals surface area contributed by atoms with Gasteiger partial charge in [0.05, 0.1) is 13.2 Å². The molecule has 0 spiro atoms. The first-order valence-electron chi connectivity index (χ1n) is 8.41. The zero-order valence-electron chi connectivity index (χ0n) is 14.3.